The highest BCUT2D eigenvalue weighted by Crippen LogP contribution is 2.27. The summed E-state index contributed by atoms with van der Waals surface area (Å²) in [6.45, 7) is 5.16. The van der Waals surface area contributed by atoms with E-state index in [1.165, 1.54) is 0 Å². The maximum absolute atomic E-state index is 12.1. The molecule has 0 aromatic rings. The molecule has 3 heteroatoms. The van der Waals surface area contributed by atoms with Gasteiger partial charge in [0.2, 0.25) is 0 Å². The minimum Gasteiger partial charge on any atom is -0.303 e. The lowest BCUT2D eigenvalue weighted by Crippen LogP contribution is -2.20. The fourth-order valence-electron chi connectivity index (χ4n) is 2.16. The first-order chi connectivity index (χ1) is 8.50. The Hall–Kier alpha value is -1.51. The molecule has 0 saturated heterocycles. The zero-order chi connectivity index (χ0) is 13.7. The normalized spacial score (nSPS) is 16.6. The Morgan fingerprint density at radius 2 is 1.44 bits per heavy atom. The molecule has 18 heavy (non-hydrogen) atoms. The van der Waals surface area contributed by atoms with E-state index in [1.807, 2.05) is 0 Å². The van der Waals surface area contributed by atoms with Gasteiger partial charge in [-0.25, -0.2) is 0 Å². The Kier molecular flexibility index (Phi) is 5.20. The first kappa shape index (κ1) is 14.6. The van der Waals surface area contributed by atoms with E-state index in [0.717, 1.165) is 25.5 Å². The van der Waals surface area contributed by atoms with Crippen molar-refractivity contribution in [3.8, 4) is 0 Å². The molecule has 0 aromatic carbocycles. The van der Waals surface area contributed by atoms with E-state index in [1.54, 1.807) is 20.8 Å². The Balaban J connectivity index is 2.67. The van der Waals surface area contributed by atoms with Gasteiger partial charge in [-0.05, 0) is 40.0 Å². The number of ketones is 2. The van der Waals surface area contributed by atoms with E-state index in [0.29, 0.717) is 35.1 Å². The van der Waals surface area contributed by atoms with E-state index >= 15 is 0 Å². The summed E-state index contributed by atoms with van der Waals surface area (Å²) >= 11 is 0. The summed E-state index contributed by atoms with van der Waals surface area (Å²) in [4.78, 5) is 34.2. The van der Waals surface area contributed by atoms with Gasteiger partial charge in [-0.2, -0.15) is 0 Å². The minimum atomic E-state index is -0.00464. The van der Waals surface area contributed by atoms with Gasteiger partial charge < -0.3 is 4.79 Å². The molecule has 0 spiro atoms. The summed E-state index contributed by atoms with van der Waals surface area (Å²) in [7, 11) is 0. The Bertz CT molecular complexity index is 439. The molecular weight excluding hydrogens is 228 g/mol. The molecular formula is C15H20O3. The van der Waals surface area contributed by atoms with Gasteiger partial charge >= 0.3 is 0 Å². The van der Waals surface area contributed by atoms with Gasteiger partial charge in [0.25, 0.3) is 0 Å². The van der Waals surface area contributed by atoms with Crippen LogP contribution in [0.25, 0.3) is 0 Å². The molecule has 0 aliphatic heterocycles. The smallest absolute Gasteiger partial charge is 0.185 e. The summed E-state index contributed by atoms with van der Waals surface area (Å²) in [6, 6.07) is 0. The van der Waals surface area contributed by atoms with Gasteiger partial charge in [0.15, 0.2) is 11.6 Å². The average Bonchev–Trinajstić information content (AvgIpc) is 2.37. The Morgan fingerprint density at radius 1 is 0.833 bits per heavy atom. The predicted octanol–water partition coefficient (Wildman–Crippen LogP) is 2.94. The Morgan fingerprint density at radius 3 is 2.06 bits per heavy atom. The highest BCUT2D eigenvalue weighted by Gasteiger charge is 2.26. The van der Waals surface area contributed by atoms with Gasteiger partial charge in [-0.15, -0.1) is 0 Å². The molecule has 98 valence electrons. The second kappa shape index (κ2) is 6.43. The molecule has 0 unspecified atom stereocenters. The van der Waals surface area contributed by atoms with Crippen LogP contribution in [0.4, 0.5) is 0 Å². The number of unbranched alkanes of at least 4 members (excludes halogenated alkanes) is 3. The molecule has 0 fully saturated rings. The van der Waals surface area contributed by atoms with Crippen LogP contribution >= 0.6 is 0 Å². The SMILES string of the molecule is CC1=C(C)C(=O)C(CCCCCC=O)=C(C)C1=O. The van der Waals surface area contributed by atoms with Crippen LogP contribution in [0.3, 0.4) is 0 Å². The van der Waals surface area contributed by atoms with Crippen molar-refractivity contribution in [1.29, 1.82) is 0 Å². The monoisotopic (exact) mass is 248 g/mol. The van der Waals surface area contributed by atoms with E-state index in [-0.39, 0.29) is 11.6 Å². The number of aldehydes is 1. The number of carbonyl (C=O) groups is 3. The van der Waals surface area contributed by atoms with Crippen LogP contribution in [-0.4, -0.2) is 17.9 Å². The molecule has 1 aliphatic rings. The molecule has 3 nitrogen and oxygen atoms in total. The van der Waals surface area contributed by atoms with Crippen molar-refractivity contribution in [2.75, 3.05) is 0 Å². The third-order valence-electron chi connectivity index (χ3n) is 3.56. The molecule has 0 atom stereocenters. The molecule has 0 radical (unpaired) electrons. The summed E-state index contributed by atoms with van der Waals surface area (Å²) < 4.78 is 0. The molecule has 0 heterocycles. The van der Waals surface area contributed by atoms with Crippen LogP contribution in [0, 0.1) is 0 Å². The van der Waals surface area contributed by atoms with E-state index in [2.05, 4.69) is 0 Å². The Labute approximate surface area is 108 Å². The molecule has 1 aliphatic carbocycles. The maximum atomic E-state index is 12.1. The first-order valence-corrected chi connectivity index (χ1v) is 6.41. The summed E-state index contributed by atoms with van der Waals surface area (Å²) in [5.41, 5.74) is 2.41. The lowest BCUT2D eigenvalue weighted by molar-refractivity contribution is -0.116. The van der Waals surface area contributed by atoms with Crippen LogP contribution < -0.4 is 0 Å². The highest BCUT2D eigenvalue weighted by molar-refractivity contribution is 6.24. The number of rotatable bonds is 6. The number of Topliss-reactive ketones (excluding diaryl/α,β-unsaturated/α-hetero) is 2. The topological polar surface area (TPSA) is 51.2 Å². The second-order valence-electron chi connectivity index (χ2n) is 4.78. The van der Waals surface area contributed by atoms with Crippen LogP contribution in [0.1, 0.15) is 52.9 Å². The predicted molar refractivity (Wildman–Crippen MR) is 70.2 cm³/mol. The van der Waals surface area contributed by atoms with Crippen molar-refractivity contribution in [3.05, 3.63) is 22.3 Å². The first-order valence-electron chi connectivity index (χ1n) is 6.41. The van der Waals surface area contributed by atoms with Crippen LogP contribution in [-0.2, 0) is 14.4 Å². The van der Waals surface area contributed by atoms with Crippen molar-refractivity contribution < 1.29 is 14.4 Å². The van der Waals surface area contributed by atoms with Crippen molar-refractivity contribution >= 4 is 17.9 Å². The fraction of sp³-hybridized carbons (Fsp3) is 0.533. The minimum absolute atomic E-state index is 0.00464. The van der Waals surface area contributed by atoms with Crippen LogP contribution in [0.15, 0.2) is 22.3 Å². The third-order valence-corrected chi connectivity index (χ3v) is 3.56. The summed E-state index contributed by atoms with van der Waals surface area (Å²) in [5, 5.41) is 0. The largest absolute Gasteiger partial charge is 0.303 e. The van der Waals surface area contributed by atoms with Crippen molar-refractivity contribution in [1.82, 2.24) is 0 Å². The van der Waals surface area contributed by atoms with Gasteiger partial charge in [-0.3, -0.25) is 9.59 Å². The zero-order valence-electron chi connectivity index (χ0n) is 11.3. The van der Waals surface area contributed by atoms with E-state index in [4.69, 9.17) is 0 Å². The highest BCUT2D eigenvalue weighted by atomic mass is 16.1. The van der Waals surface area contributed by atoms with E-state index in [9.17, 15) is 14.4 Å². The zero-order valence-corrected chi connectivity index (χ0v) is 11.3. The third kappa shape index (κ3) is 3.03. The molecule has 0 aromatic heterocycles. The number of carbonyl (C=O) groups excluding carboxylic acids is 3. The standard InChI is InChI=1S/C15H20O3/c1-10-11(2)15(18)13(12(3)14(10)17)8-6-4-5-7-9-16/h9H,4-8H2,1-3H3. The second-order valence-corrected chi connectivity index (χ2v) is 4.78. The molecule has 1 rings (SSSR count). The van der Waals surface area contributed by atoms with Gasteiger partial charge in [-0.1, -0.05) is 6.42 Å². The van der Waals surface area contributed by atoms with Crippen molar-refractivity contribution in [2.24, 2.45) is 0 Å². The molecule has 0 N–H and O–H groups in total. The summed E-state index contributed by atoms with van der Waals surface area (Å²) in [5.74, 6) is 0.00924. The van der Waals surface area contributed by atoms with Gasteiger partial charge in [0.05, 0.1) is 0 Å². The van der Waals surface area contributed by atoms with Gasteiger partial charge in [0.1, 0.15) is 6.29 Å². The van der Waals surface area contributed by atoms with Crippen molar-refractivity contribution in [2.45, 2.75) is 52.9 Å². The van der Waals surface area contributed by atoms with E-state index < -0.39 is 0 Å². The molecule has 0 saturated carbocycles. The fourth-order valence-corrected chi connectivity index (χ4v) is 2.16. The van der Waals surface area contributed by atoms with Crippen LogP contribution in [0.5, 0.6) is 0 Å². The lowest BCUT2D eigenvalue weighted by atomic mass is 9.84. The molecule has 0 amide bonds. The van der Waals surface area contributed by atoms with Gasteiger partial charge in [0, 0.05) is 28.7 Å². The van der Waals surface area contributed by atoms with Crippen LogP contribution in [0.2, 0.25) is 0 Å². The lowest BCUT2D eigenvalue weighted by Gasteiger charge is -2.18. The number of hydrogen-bond acceptors (Lipinski definition) is 3. The average molecular weight is 248 g/mol. The quantitative estimate of drug-likeness (QED) is 0.412. The number of allylic oxidation sites excluding steroid dienone is 4. The number of hydrogen-bond donors (Lipinski definition) is 0. The maximum Gasteiger partial charge on any atom is 0.185 e. The summed E-state index contributed by atoms with van der Waals surface area (Å²) in [6.07, 6.45) is 4.75. The molecule has 0 bridgehead atoms. The van der Waals surface area contributed by atoms with Crippen molar-refractivity contribution in [3.63, 3.8) is 0 Å².